The fourth-order valence-corrected chi connectivity index (χ4v) is 4.49. The van der Waals surface area contributed by atoms with Gasteiger partial charge in [0, 0.05) is 35.6 Å². The maximum atomic E-state index is 13.2. The van der Waals surface area contributed by atoms with E-state index in [1.165, 1.54) is 0 Å². The SMILES string of the molecule is COc1ccccc1[C@H]1C(C(=O)OC[C@@H]2CCCO2)=C(C)NC2=C1C(=O)CCC2. The summed E-state index contributed by atoms with van der Waals surface area (Å²) in [7, 11) is 1.60. The molecule has 0 amide bonds. The standard InChI is InChI=1S/C23H27NO5/c1-14-20(23(26)29-13-15-7-6-12-28-15)21(16-8-3-4-11-19(16)27-2)22-17(24-14)9-5-10-18(22)25/h3-4,8,11,15,21,24H,5-7,9-10,12-13H2,1-2H3/t15-,21-/m0/s1. The average Bonchev–Trinajstić information content (AvgIpc) is 3.25. The first kappa shape index (κ1) is 19.7. The molecule has 0 unspecified atom stereocenters. The summed E-state index contributed by atoms with van der Waals surface area (Å²) in [4.78, 5) is 26.1. The van der Waals surface area contributed by atoms with Gasteiger partial charge in [-0.05, 0) is 38.7 Å². The molecule has 29 heavy (non-hydrogen) atoms. The summed E-state index contributed by atoms with van der Waals surface area (Å²) in [6, 6.07) is 7.56. The van der Waals surface area contributed by atoms with Crippen LogP contribution in [0, 0.1) is 0 Å². The Kier molecular flexibility index (Phi) is 5.72. The molecule has 3 aliphatic rings. The predicted molar refractivity (Wildman–Crippen MR) is 107 cm³/mol. The zero-order chi connectivity index (χ0) is 20.4. The lowest BCUT2D eigenvalue weighted by Gasteiger charge is -2.34. The van der Waals surface area contributed by atoms with Gasteiger partial charge in [0.25, 0.3) is 0 Å². The van der Waals surface area contributed by atoms with Crippen LogP contribution in [-0.4, -0.2) is 38.2 Å². The smallest absolute Gasteiger partial charge is 0.336 e. The number of allylic oxidation sites excluding steroid dienone is 3. The van der Waals surface area contributed by atoms with Crippen LogP contribution < -0.4 is 10.1 Å². The highest BCUT2D eigenvalue weighted by Gasteiger charge is 2.40. The molecule has 1 N–H and O–H groups in total. The van der Waals surface area contributed by atoms with Gasteiger partial charge in [-0.3, -0.25) is 4.79 Å². The number of benzene rings is 1. The molecule has 1 aromatic rings. The molecule has 6 nitrogen and oxygen atoms in total. The molecule has 6 heteroatoms. The van der Waals surface area contributed by atoms with Crippen molar-refractivity contribution >= 4 is 11.8 Å². The number of esters is 1. The number of methoxy groups -OCH3 is 1. The Morgan fingerprint density at radius 1 is 1.24 bits per heavy atom. The molecule has 0 aromatic heterocycles. The fraction of sp³-hybridized carbons (Fsp3) is 0.478. The summed E-state index contributed by atoms with van der Waals surface area (Å²) in [6.07, 6.45) is 3.93. The molecule has 2 atom stereocenters. The van der Waals surface area contributed by atoms with Crippen molar-refractivity contribution in [1.29, 1.82) is 0 Å². The van der Waals surface area contributed by atoms with Gasteiger partial charge in [-0.25, -0.2) is 4.79 Å². The van der Waals surface area contributed by atoms with Crippen LogP contribution in [0.1, 0.15) is 50.5 Å². The molecule has 0 spiro atoms. The van der Waals surface area contributed by atoms with E-state index in [2.05, 4.69) is 5.32 Å². The first-order chi connectivity index (χ1) is 14.1. The molecule has 1 fully saturated rings. The number of rotatable bonds is 5. The minimum Gasteiger partial charge on any atom is -0.496 e. The maximum Gasteiger partial charge on any atom is 0.336 e. The van der Waals surface area contributed by atoms with Crippen molar-refractivity contribution in [3.05, 3.63) is 52.4 Å². The highest BCUT2D eigenvalue weighted by molar-refractivity contribution is 6.04. The van der Waals surface area contributed by atoms with Gasteiger partial charge in [-0.2, -0.15) is 0 Å². The largest absolute Gasteiger partial charge is 0.496 e. The molecule has 2 heterocycles. The van der Waals surface area contributed by atoms with E-state index in [1.54, 1.807) is 7.11 Å². The maximum absolute atomic E-state index is 13.2. The number of ketones is 1. The molecule has 154 valence electrons. The second-order valence-corrected chi connectivity index (χ2v) is 7.74. The second-order valence-electron chi connectivity index (χ2n) is 7.74. The van der Waals surface area contributed by atoms with E-state index in [-0.39, 0.29) is 18.5 Å². The summed E-state index contributed by atoms with van der Waals surface area (Å²) >= 11 is 0. The normalized spacial score (nSPS) is 24.3. The van der Waals surface area contributed by atoms with E-state index in [0.717, 1.165) is 42.6 Å². The molecule has 2 aliphatic heterocycles. The van der Waals surface area contributed by atoms with Crippen LogP contribution in [0.15, 0.2) is 46.8 Å². The van der Waals surface area contributed by atoms with Crippen molar-refractivity contribution in [1.82, 2.24) is 5.32 Å². The van der Waals surface area contributed by atoms with Gasteiger partial charge in [-0.1, -0.05) is 18.2 Å². The highest BCUT2D eigenvalue weighted by atomic mass is 16.6. The quantitative estimate of drug-likeness (QED) is 0.768. The van der Waals surface area contributed by atoms with Gasteiger partial charge in [-0.15, -0.1) is 0 Å². The van der Waals surface area contributed by atoms with E-state index < -0.39 is 11.9 Å². The van der Waals surface area contributed by atoms with Gasteiger partial charge in [0.15, 0.2) is 5.78 Å². The van der Waals surface area contributed by atoms with Gasteiger partial charge in [0.1, 0.15) is 12.4 Å². The van der Waals surface area contributed by atoms with Gasteiger partial charge in [0.05, 0.1) is 24.7 Å². The van der Waals surface area contributed by atoms with Crippen molar-refractivity contribution in [3.8, 4) is 5.75 Å². The molecule has 4 rings (SSSR count). The monoisotopic (exact) mass is 397 g/mol. The average molecular weight is 397 g/mol. The van der Waals surface area contributed by atoms with E-state index >= 15 is 0 Å². The number of dihydropyridines is 1. The Morgan fingerprint density at radius 3 is 2.83 bits per heavy atom. The predicted octanol–water partition coefficient (Wildman–Crippen LogP) is 3.39. The number of hydrogen-bond donors (Lipinski definition) is 1. The van der Waals surface area contributed by atoms with E-state index in [1.807, 2.05) is 31.2 Å². The van der Waals surface area contributed by atoms with Crippen LogP contribution in [0.3, 0.4) is 0 Å². The van der Waals surface area contributed by atoms with Crippen LogP contribution in [-0.2, 0) is 19.1 Å². The third-order valence-electron chi connectivity index (χ3n) is 5.87. The van der Waals surface area contributed by atoms with Crippen LogP contribution in [0.5, 0.6) is 5.75 Å². The van der Waals surface area contributed by atoms with Crippen molar-refractivity contribution in [3.63, 3.8) is 0 Å². The van der Waals surface area contributed by atoms with E-state index in [4.69, 9.17) is 14.2 Å². The summed E-state index contributed by atoms with van der Waals surface area (Å²) < 4.78 is 16.8. The molecule has 1 saturated heterocycles. The third-order valence-corrected chi connectivity index (χ3v) is 5.87. The van der Waals surface area contributed by atoms with Crippen molar-refractivity contribution in [2.45, 2.75) is 51.0 Å². The summed E-state index contributed by atoms with van der Waals surface area (Å²) in [5, 5.41) is 3.31. The van der Waals surface area contributed by atoms with Crippen molar-refractivity contribution in [2.75, 3.05) is 20.3 Å². The first-order valence-corrected chi connectivity index (χ1v) is 10.3. The lowest BCUT2D eigenvalue weighted by molar-refractivity contribution is -0.142. The van der Waals surface area contributed by atoms with Crippen LogP contribution in [0.2, 0.25) is 0 Å². The van der Waals surface area contributed by atoms with Crippen molar-refractivity contribution in [2.24, 2.45) is 0 Å². The Balaban J connectivity index is 1.73. The Hall–Kier alpha value is -2.60. The van der Waals surface area contributed by atoms with Crippen LogP contribution >= 0.6 is 0 Å². The van der Waals surface area contributed by atoms with E-state index in [9.17, 15) is 9.59 Å². The number of hydrogen-bond acceptors (Lipinski definition) is 6. The second kappa shape index (κ2) is 8.41. The summed E-state index contributed by atoms with van der Waals surface area (Å²) in [5.41, 5.74) is 3.58. The van der Waals surface area contributed by atoms with Gasteiger partial charge >= 0.3 is 5.97 Å². The summed E-state index contributed by atoms with van der Waals surface area (Å²) in [5.74, 6) is -0.174. The highest BCUT2D eigenvalue weighted by Crippen LogP contribution is 2.45. The van der Waals surface area contributed by atoms with Crippen molar-refractivity contribution < 1.29 is 23.8 Å². The molecular weight excluding hydrogens is 370 g/mol. The molecule has 0 radical (unpaired) electrons. The zero-order valence-electron chi connectivity index (χ0n) is 17.0. The number of nitrogens with one attached hydrogen (secondary N) is 1. The Labute approximate surface area is 170 Å². The number of carbonyl (C=O) groups excluding carboxylic acids is 2. The first-order valence-electron chi connectivity index (χ1n) is 10.3. The van der Waals surface area contributed by atoms with Gasteiger partial charge in [0.2, 0.25) is 0 Å². The number of ether oxygens (including phenoxy) is 3. The Bertz CT molecular complexity index is 879. The molecule has 0 saturated carbocycles. The minimum absolute atomic E-state index is 0.0489. The summed E-state index contributed by atoms with van der Waals surface area (Å²) in [6.45, 7) is 2.81. The third kappa shape index (κ3) is 3.81. The lowest BCUT2D eigenvalue weighted by Crippen LogP contribution is -2.35. The van der Waals surface area contributed by atoms with Gasteiger partial charge < -0.3 is 19.5 Å². The van der Waals surface area contributed by atoms with E-state index in [0.29, 0.717) is 29.9 Å². The zero-order valence-corrected chi connectivity index (χ0v) is 17.0. The molecule has 1 aromatic carbocycles. The van der Waals surface area contributed by atoms with Crippen LogP contribution in [0.4, 0.5) is 0 Å². The molecule has 0 bridgehead atoms. The molecular formula is C23H27NO5. The van der Waals surface area contributed by atoms with Crippen LogP contribution in [0.25, 0.3) is 0 Å². The minimum atomic E-state index is -0.493. The number of carbonyl (C=O) groups is 2. The number of Topliss-reactive ketones (excluding diaryl/α,β-unsaturated/α-hetero) is 1. The topological polar surface area (TPSA) is 73.9 Å². The molecule has 1 aliphatic carbocycles. The fourth-order valence-electron chi connectivity index (χ4n) is 4.49. The number of para-hydroxylation sites is 1. The Morgan fingerprint density at radius 2 is 2.07 bits per heavy atom. The lowest BCUT2D eigenvalue weighted by atomic mass is 9.75.